The van der Waals surface area contributed by atoms with Crippen LogP contribution in [0, 0.1) is 0 Å². The molecule has 5 nitrogen and oxygen atoms in total. The highest BCUT2D eigenvalue weighted by molar-refractivity contribution is 6.52. The van der Waals surface area contributed by atoms with Gasteiger partial charge in [0.25, 0.3) is 0 Å². The van der Waals surface area contributed by atoms with Crippen molar-refractivity contribution in [2.45, 2.75) is 32.3 Å². The molecule has 0 spiro atoms. The van der Waals surface area contributed by atoms with Crippen molar-refractivity contribution >= 4 is 17.3 Å². The first-order valence-corrected chi connectivity index (χ1v) is 6.74. The van der Waals surface area contributed by atoms with Crippen LogP contribution in [0.3, 0.4) is 0 Å². The number of carbonyl (C=O) groups excluding carboxylic acids is 2. The van der Waals surface area contributed by atoms with E-state index in [-0.39, 0.29) is 5.60 Å². The first-order chi connectivity index (χ1) is 9.91. The second-order valence-corrected chi connectivity index (χ2v) is 5.61. The van der Waals surface area contributed by atoms with Gasteiger partial charge in [-0.3, -0.25) is 9.59 Å². The van der Waals surface area contributed by atoms with Crippen LogP contribution < -0.4 is 5.90 Å². The fraction of sp³-hybridized carbons (Fsp3) is 0.375. The smallest absolute Gasteiger partial charge is 0.234 e. The summed E-state index contributed by atoms with van der Waals surface area (Å²) in [6.07, 6.45) is 1.37. The molecule has 2 aliphatic rings. The lowest BCUT2D eigenvalue weighted by atomic mass is 9.82. The number of benzene rings is 1. The molecule has 2 N–H and O–H groups in total. The van der Waals surface area contributed by atoms with Crippen LogP contribution in [0.4, 0.5) is 0 Å². The summed E-state index contributed by atoms with van der Waals surface area (Å²) in [5, 5.41) is 0. The van der Waals surface area contributed by atoms with Crippen LogP contribution in [-0.4, -0.2) is 24.3 Å². The van der Waals surface area contributed by atoms with Crippen LogP contribution in [0.1, 0.15) is 42.6 Å². The number of rotatable bonds is 0. The van der Waals surface area contributed by atoms with E-state index in [1.807, 2.05) is 26.0 Å². The van der Waals surface area contributed by atoms with Crippen molar-refractivity contribution in [2.24, 2.45) is 5.90 Å². The minimum Gasteiger partial charge on any atom is -0.487 e. The molecule has 0 atom stereocenters. The van der Waals surface area contributed by atoms with Crippen LogP contribution in [0.5, 0.6) is 0 Å². The van der Waals surface area contributed by atoms with Crippen molar-refractivity contribution in [3.05, 3.63) is 41.0 Å². The number of fused-ring (bicyclic) bond motifs is 2. The van der Waals surface area contributed by atoms with E-state index in [1.165, 1.54) is 7.11 Å². The standard InChI is InChI=1S/C15H14O3.CH5NO/c1-15(2)8-7-11-13(17)12(16)9-5-3-4-6-10(9)14(11)18-15;1-3-2/h3-6H,7-8H2,1-2H3;2H2,1H3. The van der Waals surface area contributed by atoms with Crippen molar-refractivity contribution in [1.82, 2.24) is 0 Å². The van der Waals surface area contributed by atoms with Gasteiger partial charge in [0.15, 0.2) is 0 Å². The predicted octanol–water partition coefficient (Wildman–Crippen LogP) is 2.26. The van der Waals surface area contributed by atoms with Crippen LogP contribution in [0.25, 0.3) is 5.76 Å². The van der Waals surface area contributed by atoms with E-state index in [1.54, 1.807) is 12.1 Å². The maximum atomic E-state index is 12.0. The Morgan fingerprint density at radius 2 is 1.71 bits per heavy atom. The highest BCUT2D eigenvalue weighted by atomic mass is 16.6. The third kappa shape index (κ3) is 2.89. The van der Waals surface area contributed by atoms with Crippen LogP contribution in [0.15, 0.2) is 29.8 Å². The fourth-order valence-corrected chi connectivity index (χ4v) is 2.50. The van der Waals surface area contributed by atoms with E-state index in [0.717, 1.165) is 12.0 Å². The zero-order valence-corrected chi connectivity index (χ0v) is 12.4. The molecule has 0 fully saturated rings. The number of allylic oxidation sites excluding steroid dienone is 1. The largest absolute Gasteiger partial charge is 0.487 e. The Hall–Kier alpha value is -1.98. The average molecular weight is 289 g/mol. The van der Waals surface area contributed by atoms with Gasteiger partial charge < -0.3 is 9.57 Å². The maximum absolute atomic E-state index is 12.0. The van der Waals surface area contributed by atoms with Gasteiger partial charge in [-0.15, -0.1) is 0 Å². The van der Waals surface area contributed by atoms with Gasteiger partial charge in [0, 0.05) is 16.7 Å². The van der Waals surface area contributed by atoms with Crippen molar-refractivity contribution in [2.75, 3.05) is 7.11 Å². The molecule has 21 heavy (non-hydrogen) atoms. The number of Topliss-reactive ketones (excluding diaryl/α,β-unsaturated/α-hetero) is 2. The van der Waals surface area contributed by atoms with Crippen molar-refractivity contribution < 1.29 is 19.2 Å². The molecule has 1 aromatic carbocycles. The van der Waals surface area contributed by atoms with Crippen LogP contribution >= 0.6 is 0 Å². The van der Waals surface area contributed by atoms with E-state index >= 15 is 0 Å². The molecule has 3 rings (SSSR count). The number of hydrogen-bond acceptors (Lipinski definition) is 5. The second-order valence-electron chi connectivity index (χ2n) is 5.61. The summed E-state index contributed by atoms with van der Waals surface area (Å²) in [7, 11) is 1.40. The van der Waals surface area contributed by atoms with E-state index in [0.29, 0.717) is 23.3 Å². The highest BCUT2D eigenvalue weighted by Crippen LogP contribution is 2.40. The molecule has 112 valence electrons. The first kappa shape index (κ1) is 15.4. The Morgan fingerprint density at radius 1 is 1.14 bits per heavy atom. The van der Waals surface area contributed by atoms with Crippen molar-refractivity contribution in [3.8, 4) is 0 Å². The zero-order valence-electron chi connectivity index (χ0n) is 12.4. The summed E-state index contributed by atoms with van der Waals surface area (Å²) in [5.41, 5.74) is 1.47. The molecule has 0 saturated carbocycles. The molecule has 0 amide bonds. The van der Waals surface area contributed by atoms with Gasteiger partial charge in [-0.1, -0.05) is 24.3 Å². The van der Waals surface area contributed by atoms with Crippen LogP contribution in [0.2, 0.25) is 0 Å². The minimum absolute atomic E-state index is 0.285. The number of hydrogen-bond donors (Lipinski definition) is 1. The number of ether oxygens (including phenoxy) is 1. The summed E-state index contributed by atoms with van der Waals surface area (Å²) in [4.78, 5) is 27.8. The van der Waals surface area contributed by atoms with E-state index in [4.69, 9.17) is 4.74 Å². The quantitative estimate of drug-likeness (QED) is 0.585. The van der Waals surface area contributed by atoms with Crippen molar-refractivity contribution in [3.63, 3.8) is 0 Å². The topological polar surface area (TPSA) is 78.6 Å². The highest BCUT2D eigenvalue weighted by Gasteiger charge is 2.39. The first-order valence-electron chi connectivity index (χ1n) is 6.74. The summed E-state index contributed by atoms with van der Waals surface area (Å²) >= 11 is 0. The Balaban J connectivity index is 0.000000497. The summed E-state index contributed by atoms with van der Waals surface area (Å²) in [6, 6.07) is 7.15. The molecule has 1 aliphatic carbocycles. The maximum Gasteiger partial charge on any atom is 0.234 e. The Kier molecular flexibility index (Phi) is 4.25. The molecule has 0 radical (unpaired) electrons. The normalized spacial score (nSPS) is 19.0. The molecule has 0 saturated heterocycles. The molecular weight excluding hydrogens is 270 g/mol. The van der Waals surface area contributed by atoms with Gasteiger partial charge in [0.1, 0.15) is 11.4 Å². The Labute approximate surface area is 123 Å². The van der Waals surface area contributed by atoms with Gasteiger partial charge in [-0.2, -0.15) is 0 Å². The van der Waals surface area contributed by atoms with Gasteiger partial charge in [0.05, 0.1) is 7.11 Å². The zero-order chi connectivity index (χ0) is 15.6. The van der Waals surface area contributed by atoms with Gasteiger partial charge in [-0.25, -0.2) is 5.90 Å². The predicted molar refractivity (Wildman–Crippen MR) is 78.3 cm³/mol. The molecule has 1 aromatic rings. The fourth-order valence-electron chi connectivity index (χ4n) is 2.50. The van der Waals surface area contributed by atoms with Gasteiger partial charge in [0.2, 0.25) is 11.6 Å². The lowest BCUT2D eigenvalue weighted by molar-refractivity contribution is -0.112. The molecule has 0 unspecified atom stereocenters. The molecule has 1 aliphatic heterocycles. The SMILES string of the molecule is CC1(C)CCC2=C(O1)c1ccccc1C(=O)C2=O.CON. The molecule has 5 heteroatoms. The number of ketones is 2. The molecule has 0 aromatic heterocycles. The Bertz CT molecular complexity index is 616. The summed E-state index contributed by atoms with van der Waals surface area (Å²) in [5.74, 6) is 4.14. The molecular formula is C16H19NO4. The minimum atomic E-state index is -0.410. The number of nitrogens with two attached hydrogens (primary N) is 1. The monoisotopic (exact) mass is 289 g/mol. The molecule has 0 bridgehead atoms. The van der Waals surface area contributed by atoms with Gasteiger partial charge in [-0.05, 0) is 26.7 Å². The van der Waals surface area contributed by atoms with Gasteiger partial charge >= 0.3 is 0 Å². The Morgan fingerprint density at radius 3 is 2.33 bits per heavy atom. The van der Waals surface area contributed by atoms with Crippen LogP contribution in [-0.2, 0) is 14.4 Å². The van der Waals surface area contributed by atoms with E-state index in [9.17, 15) is 9.59 Å². The third-order valence-electron chi connectivity index (χ3n) is 3.53. The third-order valence-corrected chi connectivity index (χ3v) is 3.53. The number of carbonyl (C=O) groups is 2. The lowest BCUT2D eigenvalue weighted by Crippen LogP contribution is -2.34. The second kappa shape index (κ2) is 5.79. The molecule has 1 heterocycles. The average Bonchev–Trinajstić information content (AvgIpc) is 2.45. The van der Waals surface area contributed by atoms with E-state index in [2.05, 4.69) is 10.7 Å². The lowest BCUT2D eigenvalue weighted by Gasteiger charge is -2.36. The summed E-state index contributed by atoms with van der Waals surface area (Å²) < 4.78 is 5.93. The van der Waals surface area contributed by atoms with E-state index < -0.39 is 11.6 Å². The van der Waals surface area contributed by atoms with Crippen molar-refractivity contribution in [1.29, 1.82) is 0 Å². The summed E-state index contributed by atoms with van der Waals surface area (Å²) in [6.45, 7) is 4.00.